The first-order valence-corrected chi connectivity index (χ1v) is 6.21. The first kappa shape index (κ1) is 12.7. The van der Waals surface area contributed by atoms with Crippen LogP contribution in [0.5, 0.6) is 0 Å². The molecule has 0 radical (unpaired) electrons. The third kappa shape index (κ3) is 3.13. The molecular weight excluding hydrogens is 298 g/mol. The van der Waals surface area contributed by atoms with Gasteiger partial charge in [-0.3, -0.25) is 4.79 Å². The van der Waals surface area contributed by atoms with Crippen LogP contribution in [0.3, 0.4) is 0 Å². The smallest absolute Gasteiger partial charge is 0.251 e. The van der Waals surface area contributed by atoms with E-state index < -0.39 is 0 Å². The van der Waals surface area contributed by atoms with Crippen molar-refractivity contribution < 1.29 is 4.79 Å². The van der Waals surface area contributed by atoms with Crippen molar-refractivity contribution in [2.24, 2.45) is 7.05 Å². The fourth-order valence-electron chi connectivity index (χ4n) is 1.45. The van der Waals surface area contributed by atoms with Crippen LogP contribution < -0.4 is 5.32 Å². The summed E-state index contributed by atoms with van der Waals surface area (Å²) in [5.74, 6) is 0.642. The number of nitrogens with one attached hydrogen (secondary N) is 1. The first-order valence-electron chi connectivity index (χ1n) is 5.42. The number of benzene rings is 1. The lowest BCUT2D eigenvalue weighted by atomic mass is 10.2. The molecule has 6 nitrogen and oxygen atoms in total. The zero-order valence-corrected chi connectivity index (χ0v) is 11.4. The monoisotopic (exact) mass is 309 g/mol. The third-order valence-electron chi connectivity index (χ3n) is 2.45. The second-order valence-electron chi connectivity index (χ2n) is 3.73. The van der Waals surface area contributed by atoms with Gasteiger partial charge in [0.15, 0.2) is 5.82 Å². The largest absolute Gasteiger partial charge is 0.352 e. The van der Waals surface area contributed by atoms with Crippen molar-refractivity contribution in [3.63, 3.8) is 0 Å². The Balaban J connectivity index is 1.85. The molecule has 1 amide bonds. The number of halogens is 1. The lowest BCUT2D eigenvalue weighted by molar-refractivity contribution is 0.0954. The van der Waals surface area contributed by atoms with E-state index in [-0.39, 0.29) is 5.91 Å². The van der Waals surface area contributed by atoms with Crippen LogP contribution in [0, 0.1) is 0 Å². The van der Waals surface area contributed by atoms with Crippen molar-refractivity contribution in [3.8, 4) is 0 Å². The summed E-state index contributed by atoms with van der Waals surface area (Å²) in [7, 11) is 1.77. The topological polar surface area (TPSA) is 72.7 Å². The van der Waals surface area contributed by atoms with Crippen molar-refractivity contribution >= 4 is 21.8 Å². The van der Waals surface area contributed by atoms with E-state index in [0.29, 0.717) is 18.5 Å². The van der Waals surface area contributed by atoms with E-state index in [1.165, 1.54) is 0 Å². The summed E-state index contributed by atoms with van der Waals surface area (Å²) in [6.07, 6.45) is 0.603. The second-order valence-corrected chi connectivity index (χ2v) is 4.65. The number of hydrogen-bond donors (Lipinski definition) is 1. The maximum absolute atomic E-state index is 11.8. The maximum Gasteiger partial charge on any atom is 0.251 e. The number of carbonyl (C=O) groups is 1. The molecule has 2 aromatic rings. The Morgan fingerprint density at radius 3 is 2.72 bits per heavy atom. The highest BCUT2D eigenvalue weighted by atomic mass is 79.9. The average Bonchev–Trinajstić information content (AvgIpc) is 2.76. The summed E-state index contributed by atoms with van der Waals surface area (Å²) in [5.41, 5.74) is 0.634. The standard InChI is InChI=1S/C11H12BrN5O/c1-17-10(14-15-16-17)6-7-13-11(18)8-2-4-9(12)5-3-8/h2-5H,6-7H2,1H3,(H,13,18). The molecule has 2 rings (SSSR count). The minimum atomic E-state index is -0.0994. The molecule has 0 aliphatic heterocycles. The van der Waals surface area contributed by atoms with Gasteiger partial charge in [-0.2, -0.15) is 0 Å². The van der Waals surface area contributed by atoms with E-state index in [0.717, 1.165) is 10.3 Å². The fraction of sp³-hybridized carbons (Fsp3) is 0.273. The Morgan fingerprint density at radius 1 is 1.39 bits per heavy atom. The van der Waals surface area contributed by atoms with Crippen LogP contribution in [0.15, 0.2) is 28.7 Å². The number of aromatic nitrogens is 4. The van der Waals surface area contributed by atoms with E-state index in [4.69, 9.17) is 0 Å². The number of rotatable bonds is 4. The Hall–Kier alpha value is -1.76. The predicted octanol–water partition coefficient (Wildman–Crippen LogP) is 0.945. The first-order chi connectivity index (χ1) is 8.66. The number of aryl methyl sites for hydroxylation is 1. The molecule has 18 heavy (non-hydrogen) atoms. The number of amides is 1. The molecule has 1 heterocycles. The number of carbonyl (C=O) groups excluding carboxylic acids is 1. The Bertz CT molecular complexity index is 537. The zero-order chi connectivity index (χ0) is 13.0. The van der Waals surface area contributed by atoms with Gasteiger partial charge in [-0.15, -0.1) is 5.10 Å². The zero-order valence-electron chi connectivity index (χ0n) is 9.80. The quantitative estimate of drug-likeness (QED) is 0.912. The molecule has 94 valence electrons. The Morgan fingerprint density at radius 2 is 2.11 bits per heavy atom. The van der Waals surface area contributed by atoms with Gasteiger partial charge in [0, 0.05) is 30.0 Å². The minimum absolute atomic E-state index is 0.0994. The van der Waals surface area contributed by atoms with Crippen LogP contribution in [-0.4, -0.2) is 32.7 Å². The molecule has 0 spiro atoms. The van der Waals surface area contributed by atoms with Crippen molar-refractivity contribution in [1.82, 2.24) is 25.5 Å². The second kappa shape index (κ2) is 5.72. The Labute approximate surface area is 113 Å². The molecule has 0 atom stereocenters. The van der Waals surface area contributed by atoms with Gasteiger partial charge in [0.25, 0.3) is 5.91 Å². The lowest BCUT2D eigenvalue weighted by Crippen LogP contribution is -2.26. The minimum Gasteiger partial charge on any atom is -0.352 e. The summed E-state index contributed by atoms with van der Waals surface area (Å²) in [5, 5.41) is 13.9. The van der Waals surface area contributed by atoms with Gasteiger partial charge in [-0.1, -0.05) is 15.9 Å². The Kier molecular flexibility index (Phi) is 4.03. The van der Waals surface area contributed by atoms with E-state index in [1.807, 2.05) is 12.1 Å². The maximum atomic E-state index is 11.8. The van der Waals surface area contributed by atoms with Crippen molar-refractivity contribution in [2.45, 2.75) is 6.42 Å². The predicted molar refractivity (Wildman–Crippen MR) is 69.0 cm³/mol. The SMILES string of the molecule is Cn1nnnc1CCNC(=O)c1ccc(Br)cc1. The summed E-state index contributed by atoms with van der Waals surface area (Å²) >= 11 is 3.32. The highest BCUT2D eigenvalue weighted by Gasteiger charge is 2.06. The molecule has 1 aromatic carbocycles. The van der Waals surface area contributed by atoms with Crippen LogP contribution in [0.4, 0.5) is 0 Å². The van der Waals surface area contributed by atoms with Crippen LogP contribution in [0.1, 0.15) is 16.2 Å². The summed E-state index contributed by atoms with van der Waals surface area (Å²) in [6.45, 7) is 0.503. The van der Waals surface area contributed by atoms with Gasteiger partial charge in [0.05, 0.1) is 0 Å². The average molecular weight is 310 g/mol. The van der Waals surface area contributed by atoms with Crippen molar-refractivity contribution in [2.75, 3.05) is 6.54 Å². The van der Waals surface area contributed by atoms with Gasteiger partial charge in [-0.25, -0.2) is 4.68 Å². The van der Waals surface area contributed by atoms with Crippen LogP contribution in [-0.2, 0) is 13.5 Å². The molecule has 0 saturated heterocycles. The number of nitrogens with zero attached hydrogens (tertiary/aromatic N) is 4. The van der Waals surface area contributed by atoms with Crippen molar-refractivity contribution in [3.05, 3.63) is 40.1 Å². The molecule has 1 N–H and O–H groups in total. The van der Waals surface area contributed by atoms with Crippen LogP contribution in [0.2, 0.25) is 0 Å². The van der Waals surface area contributed by atoms with Gasteiger partial charge < -0.3 is 5.32 Å². The van der Waals surface area contributed by atoms with E-state index in [9.17, 15) is 4.79 Å². The number of tetrazole rings is 1. The molecule has 0 fully saturated rings. The molecule has 0 bridgehead atoms. The highest BCUT2D eigenvalue weighted by Crippen LogP contribution is 2.10. The summed E-state index contributed by atoms with van der Waals surface area (Å²) < 4.78 is 2.54. The third-order valence-corrected chi connectivity index (χ3v) is 2.98. The van der Waals surface area contributed by atoms with Crippen LogP contribution >= 0.6 is 15.9 Å². The van der Waals surface area contributed by atoms with Crippen molar-refractivity contribution in [1.29, 1.82) is 0 Å². The molecule has 0 aliphatic rings. The fourth-order valence-corrected chi connectivity index (χ4v) is 1.72. The molecule has 1 aromatic heterocycles. The van der Waals surface area contributed by atoms with Gasteiger partial charge in [0.2, 0.25) is 0 Å². The molecule has 0 aliphatic carbocycles. The molecular formula is C11H12BrN5O. The highest BCUT2D eigenvalue weighted by molar-refractivity contribution is 9.10. The summed E-state index contributed by atoms with van der Waals surface area (Å²) in [4.78, 5) is 11.8. The van der Waals surface area contributed by atoms with E-state index >= 15 is 0 Å². The van der Waals surface area contributed by atoms with Gasteiger partial charge in [-0.05, 0) is 34.7 Å². The van der Waals surface area contributed by atoms with E-state index in [2.05, 4.69) is 36.8 Å². The molecule has 7 heteroatoms. The number of hydrogen-bond acceptors (Lipinski definition) is 4. The lowest BCUT2D eigenvalue weighted by Gasteiger charge is -2.04. The summed E-state index contributed by atoms with van der Waals surface area (Å²) in [6, 6.07) is 7.20. The van der Waals surface area contributed by atoms with E-state index in [1.54, 1.807) is 23.9 Å². The van der Waals surface area contributed by atoms with Gasteiger partial charge in [0.1, 0.15) is 0 Å². The molecule has 0 saturated carbocycles. The van der Waals surface area contributed by atoms with Gasteiger partial charge >= 0.3 is 0 Å². The normalized spacial score (nSPS) is 10.3. The molecule has 0 unspecified atom stereocenters. The van der Waals surface area contributed by atoms with Crippen LogP contribution in [0.25, 0.3) is 0 Å².